The van der Waals surface area contributed by atoms with Crippen molar-refractivity contribution in [3.63, 3.8) is 0 Å². The molecule has 0 unspecified atom stereocenters. The molecule has 0 radical (unpaired) electrons. The van der Waals surface area contributed by atoms with Gasteiger partial charge >= 0.3 is 0 Å². The summed E-state index contributed by atoms with van der Waals surface area (Å²) < 4.78 is 25.3. The SMILES string of the molecule is C=O.Nc1ncncn1.O=S([O-])[O-]. The molecule has 2 N–H and O–H groups in total. The summed E-state index contributed by atoms with van der Waals surface area (Å²) in [6, 6.07) is 0. The molecule has 0 bridgehead atoms. The Balaban J connectivity index is 0. The minimum atomic E-state index is -3.11. The summed E-state index contributed by atoms with van der Waals surface area (Å²) in [5.74, 6) is 0.259. The van der Waals surface area contributed by atoms with E-state index in [1.165, 1.54) is 12.7 Å². The Morgan fingerprint density at radius 3 is 1.77 bits per heavy atom. The molecular weight excluding hydrogens is 200 g/mol. The molecule has 8 nitrogen and oxygen atoms in total. The van der Waals surface area contributed by atoms with Crippen LogP contribution in [0.1, 0.15) is 0 Å². The Morgan fingerprint density at radius 1 is 1.31 bits per heavy atom. The fourth-order valence-electron chi connectivity index (χ4n) is 0.248. The topological polar surface area (TPSA) is 145 Å². The summed E-state index contributed by atoms with van der Waals surface area (Å²) in [7, 11) is 0. The van der Waals surface area contributed by atoms with Crippen molar-refractivity contribution >= 4 is 24.1 Å². The summed E-state index contributed by atoms with van der Waals surface area (Å²) in [4.78, 5) is 18.6. The van der Waals surface area contributed by atoms with Crippen LogP contribution < -0.4 is 5.73 Å². The van der Waals surface area contributed by atoms with Gasteiger partial charge < -0.3 is 19.6 Å². The van der Waals surface area contributed by atoms with Gasteiger partial charge in [-0.1, -0.05) is 0 Å². The molecule has 0 saturated heterocycles. The van der Waals surface area contributed by atoms with Crippen LogP contribution in [-0.2, 0) is 16.2 Å². The fourth-order valence-corrected chi connectivity index (χ4v) is 0.248. The molecule has 0 fully saturated rings. The first-order chi connectivity index (χ1) is 6.13. The normalized spacial score (nSPS) is 7.62. The molecule has 0 aliphatic carbocycles. The van der Waals surface area contributed by atoms with Gasteiger partial charge in [0.1, 0.15) is 19.4 Å². The second kappa shape index (κ2) is 10.6. The summed E-state index contributed by atoms with van der Waals surface area (Å²) in [5, 5.41) is 0. The molecule has 0 aromatic carbocycles. The first-order valence-corrected chi connectivity index (χ1v) is 3.56. The number of hydrogen-bond donors (Lipinski definition) is 1. The Hall–Kier alpha value is -1.45. The molecule has 9 heteroatoms. The average molecular weight is 206 g/mol. The van der Waals surface area contributed by atoms with Gasteiger partial charge in [0, 0.05) is 0 Å². The number of aromatic nitrogens is 3. The lowest BCUT2D eigenvalue weighted by molar-refractivity contribution is -0.0979. The van der Waals surface area contributed by atoms with Gasteiger partial charge in [0.15, 0.2) is 0 Å². The summed E-state index contributed by atoms with van der Waals surface area (Å²) in [5.41, 5.74) is 5.10. The van der Waals surface area contributed by atoms with E-state index in [0.29, 0.717) is 0 Å². The van der Waals surface area contributed by atoms with Crippen molar-refractivity contribution in [3.05, 3.63) is 12.7 Å². The fraction of sp³-hybridized carbons (Fsp3) is 0. The minimum Gasteiger partial charge on any atom is -0.784 e. The van der Waals surface area contributed by atoms with Crippen LogP contribution in [0.2, 0.25) is 0 Å². The van der Waals surface area contributed by atoms with Crippen molar-refractivity contribution in [2.45, 2.75) is 0 Å². The monoisotopic (exact) mass is 206 g/mol. The lowest BCUT2D eigenvalue weighted by Crippen LogP contribution is -1.92. The number of hydrogen-bond acceptors (Lipinski definition) is 8. The van der Waals surface area contributed by atoms with Gasteiger partial charge in [0.05, 0.1) is 0 Å². The van der Waals surface area contributed by atoms with Gasteiger partial charge in [0.2, 0.25) is 5.95 Å². The van der Waals surface area contributed by atoms with Crippen molar-refractivity contribution in [2.75, 3.05) is 5.73 Å². The molecule has 0 aliphatic heterocycles. The molecule has 0 aliphatic rings. The number of nitrogen functional groups attached to an aromatic ring is 1. The first-order valence-electron chi connectivity index (χ1n) is 2.56. The van der Waals surface area contributed by atoms with E-state index >= 15 is 0 Å². The lowest BCUT2D eigenvalue weighted by Gasteiger charge is -2.03. The van der Waals surface area contributed by atoms with Crippen LogP contribution in [0.4, 0.5) is 5.95 Å². The minimum absolute atomic E-state index is 0.259. The number of carbonyl (C=O) groups is 1. The maximum absolute atomic E-state index is 8.44. The molecule has 1 aromatic rings. The highest BCUT2D eigenvalue weighted by molar-refractivity contribution is 7.72. The van der Waals surface area contributed by atoms with Gasteiger partial charge in [-0.2, -0.15) is 0 Å². The van der Waals surface area contributed by atoms with Crippen LogP contribution in [0.25, 0.3) is 0 Å². The van der Waals surface area contributed by atoms with Crippen molar-refractivity contribution < 1.29 is 18.1 Å². The van der Waals surface area contributed by atoms with E-state index in [4.69, 9.17) is 23.8 Å². The second-order valence-corrected chi connectivity index (χ2v) is 1.61. The van der Waals surface area contributed by atoms with E-state index in [1.54, 1.807) is 0 Å². The molecule has 0 saturated carbocycles. The third-order valence-corrected chi connectivity index (χ3v) is 0.513. The highest BCUT2D eigenvalue weighted by Gasteiger charge is 1.76. The van der Waals surface area contributed by atoms with Crippen LogP contribution in [-0.4, -0.2) is 35.1 Å². The zero-order valence-corrected chi connectivity index (χ0v) is 7.14. The summed E-state index contributed by atoms with van der Waals surface area (Å²) in [6.07, 6.45) is 2.70. The van der Waals surface area contributed by atoms with Crippen LogP contribution in [0.15, 0.2) is 12.7 Å². The van der Waals surface area contributed by atoms with E-state index in [-0.39, 0.29) is 5.95 Å². The Kier molecular flexibility index (Phi) is 11.4. The highest BCUT2D eigenvalue weighted by Crippen LogP contribution is 1.77. The van der Waals surface area contributed by atoms with Gasteiger partial charge in [-0.3, -0.25) is 4.21 Å². The molecule has 1 aromatic heterocycles. The smallest absolute Gasteiger partial charge is 0.222 e. The van der Waals surface area contributed by atoms with E-state index < -0.39 is 11.4 Å². The summed E-state index contributed by atoms with van der Waals surface area (Å²) in [6.45, 7) is 2.00. The maximum atomic E-state index is 8.44. The van der Waals surface area contributed by atoms with Crippen molar-refractivity contribution in [1.82, 2.24) is 15.0 Å². The van der Waals surface area contributed by atoms with Crippen LogP contribution in [0, 0.1) is 0 Å². The molecule has 13 heavy (non-hydrogen) atoms. The first kappa shape index (κ1) is 14.1. The van der Waals surface area contributed by atoms with E-state index in [9.17, 15) is 0 Å². The quantitative estimate of drug-likeness (QED) is 0.492. The lowest BCUT2D eigenvalue weighted by atomic mass is 11.0. The predicted molar refractivity (Wildman–Crippen MR) is 41.1 cm³/mol. The number of nitrogens with two attached hydrogens (primary N) is 1. The zero-order valence-electron chi connectivity index (χ0n) is 6.32. The highest BCUT2D eigenvalue weighted by atomic mass is 32.2. The Labute approximate surface area is 76.3 Å². The molecular formula is C4H6N4O4S-2. The Morgan fingerprint density at radius 2 is 1.62 bits per heavy atom. The maximum Gasteiger partial charge on any atom is 0.222 e. The van der Waals surface area contributed by atoms with E-state index in [1.807, 2.05) is 6.79 Å². The van der Waals surface area contributed by atoms with Crippen molar-refractivity contribution in [3.8, 4) is 0 Å². The third-order valence-electron chi connectivity index (χ3n) is 0.513. The van der Waals surface area contributed by atoms with Gasteiger partial charge in [-0.25, -0.2) is 15.0 Å². The number of carbonyl (C=O) groups excluding carboxylic acids is 1. The van der Waals surface area contributed by atoms with Gasteiger partial charge in [0.25, 0.3) is 0 Å². The summed E-state index contributed by atoms with van der Waals surface area (Å²) >= 11 is -3.11. The van der Waals surface area contributed by atoms with Crippen LogP contribution in [0.5, 0.6) is 0 Å². The van der Waals surface area contributed by atoms with Crippen LogP contribution in [0.3, 0.4) is 0 Å². The Bertz CT molecular complexity index is 229. The predicted octanol–water partition coefficient (Wildman–Crippen LogP) is -1.74. The van der Waals surface area contributed by atoms with Crippen molar-refractivity contribution in [1.29, 1.82) is 0 Å². The van der Waals surface area contributed by atoms with E-state index in [2.05, 4.69) is 15.0 Å². The molecule has 74 valence electrons. The molecule has 1 heterocycles. The van der Waals surface area contributed by atoms with Crippen LogP contribution >= 0.6 is 0 Å². The average Bonchev–Trinajstić information content (AvgIpc) is 2.08. The van der Waals surface area contributed by atoms with Gasteiger partial charge in [-0.15, -0.1) is 11.4 Å². The third kappa shape index (κ3) is 18.0. The standard InChI is InChI=1S/C3H4N4.CH2O.H2O3S/c4-3-6-1-5-2-7-3;1-2;1-4(2)3/h1-2H,(H2,4,5,6,7);1H2;(H2,1,2,3)/p-2. The molecule has 0 spiro atoms. The molecule has 0 amide bonds. The number of rotatable bonds is 0. The van der Waals surface area contributed by atoms with Crippen molar-refractivity contribution in [2.24, 2.45) is 0 Å². The second-order valence-electron chi connectivity index (χ2n) is 1.20. The van der Waals surface area contributed by atoms with Gasteiger partial charge in [-0.05, 0) is 0 Å². The molecule has 0 atom stereocenters. The largest absolute Gasteiger partial charge is 0.784 e. The number of nitrogens with zero attached hydrogens (tertiary/aromatic N) is 3. The molecule has 1 rings (SSSR count). The zero-order chi connectivity index (χ0) is 10.7. The van der Waals surface area contributed by atoms with E-state index in [0.717, 1.165) is 0 Å². The number of anilines is 1.